The molecule has 1 aliphatic rings. The lowest BCUT2D eigenvalue weighted by Crippen LogP contribution is -2.13. The molecule has 1 atom stereocenters. The topological polar surface area (TPSA) is 66.0 Å². The van der Waals surface area contributed by atoms with Crippen LogP contribution in [0.4, 0.5) is 10.1 Å². The predicted octanol–water partition coefficient (Wildman–Crippen LogP) is 5.04. The van der Waals surface area contributed by atoms with Crippen molar-refractivity contribution < 1.29 is 9.13 Å². The van der Waals surface area contributed by atoms with Crippen LogP contribution in [0.1, 0.15) is 23.9 Å². The van der Waals surface area contributed by atoms with E-state index in [4.69, 9.17) is 15.5 Å². The maximum Gasteiger partial charge on any atom is 0.123 e. The highest BCUT2D eigenvalue weighted by Gasteiger charge is 2.30. The molecule has 5 nitrogen and oxygen atoms in total. The van der Waals surface area contributed by atoms with Gasteiger partial charge in [0.05, 0.1) is 30.6 Å². The third-order valence-electron chi connectivity index (χ3n) is 5.65. The van der Waals surface area contributed by atoms with Crippen LogP contribution < -0.4 is 5.73 Å². The number of ether oxygens (including phenoxy) is 1. The number of aryl methyl sites for hydroxylation is 1. The third-order valence-corrected chi connectivity index (χ3v) is 5.65. The second-order valence-corrected chi connectivity index (χ2v) is 7.79. The van der Waals surface area contributed by atoms with E-state index >= 15 is 0 Å². The molecule has 4 aromatic rings. The summed E-state index contributed by atoms with van der Waals surface area (Å²) in [7, 11) is 0. The largest absolute Gasteiger partial charge is 0.399 e. The van der Waals surface area contributed by atoms with E-state index in [0.29, 0.717) is 13.2 Å². The number of nitrogen functional groups attached to an aromatic ring is 1. The second-order valence-electron chi connectivity index (χ2n) is 7.79. The number of hydrogen-bond donors (Lipinski definition) is 1. The van der Waals surface area contributed by atoms with Gasteiger partial charge in [-0.2, -0.15) is 0 Å². The van der Waals surface area contributed by atoms with Crippen LogP contribution in [0, 0.1) is 5.82 Å². The summed E-state index contributed by atoms with van der Waals surface area (Å²) in [6, 6.07) is 18.4. The molecule has 0 bridgehead atoms. The molecule has 0 unspecified atom stereocenters. The lowest BCUT2D eigenvalue weighted by molar-refractivity contribution is 0.0925. The van der Waals surface area contributed by atoms with Gasteiger partial charge in [0.1, 0.15) is 11.6 Å². The van der Waals surface area contributed by atoms with E-state index in [1.807, 2.05) is 36.4 Å². The average Bonchev–Trinajstić information content (AvgIpc) is 3.35. The van der Waals surface area contributed by atoms with E-state index in [2.05, 4.69) is 9.55 Å². The number of pyridine rings is 1. The summed E-state index contributed by atoms with van der Waals surface area (Å²) in [6.45, 7) is 1.10. The van der Waals surface area contributed by atoms with Crippen molar-refractivity contribution in [3.05, 3.63) is 90.3 Å². The Labute approximate surface area is 180 Å². The van der Waals surface area contributed by atoms with Crippen LogP contribution in [-0.2, 0) is 17.8 Å². The van der Waals surface area contributed by atoms with Gasteiger partial charge in [-0.05, 0) is 60.5 Å². The molecule has 156 valence electrons. The summed E-state index contributed by atoms with van der Waals surface area (Å²) < 4.78 is 21.9. The van der Waals surface area contributed by atoms with Gasteiger partial charge in [0.15, 0.2) is 0 Å². The number of nitrogens with zero attached hydrogens (tertiary/aromatic N) is 3. The number of anilines is 1. The van der Waals surface area contributed by atoms with Gasteiger partial charge in [-0.25, -0.2) is 9.37 Å². The lowest BCUT2D eigenvalue weighted by atomic mass is 10.0. The summed E-state index contributed by atoms with van der Waals surface area (Å²) in [5.41, 5.74) is 11.5. The Morgan fingerprint density at radius 3 is 2.61 bits per heavy atom. The molecule has 2 N–H and O–H groups in total. The highest BCUT2D eigenvalue weighted by Crippen LogP contribution is 2.39. The Hall–Kier alpha value is -3.51. The molecule has 6 heteroatoms. The van der Waals surface area contributed by atoms with Crippen LogP contribution in [0.15, 0.2) is 73.1 Å². The van der Waals surface area contributed by atoms with Crippen molar-refractivity contribution >= 4 is 5.69 Å². The SMILES string of the molecule is Nc1cccc(COC[C@@H]2CCc3nc(-c4ccc(F)cc4)c(-c4ccncc4)n32)c1. The zero-order chi connectivity index (χ0) is 21.2. The standard InChI is InChI=1S/C25H23FN4O/c26-20-6-4-18(5-7-20)24-25(19-10-12-28-13-11-19)30-22(8-9-23(30)29-24)16-31-15-17-2-1-3-21(27)14-17/h1-7,10-14,22H,8-9,15-16,27H2/t22-/m0/s1. The highest BCUT2D eigenvalue weighted by atomic mass is 19.1. The summed E-state index contributed by atoms with van der Waals surface area (Å²) in [5, 5.41) is 0. The number of benzene rings is 2. The van der Waals surface area contributed by atoms with Crippen molar-refractivity contribution in [3.8, 4) is 22.5 Å². The molecule has 0 fully saturated rings. The number of halogens is 1. The first-order valence-electron chi connectivity index (χ1n) is 10.4. The molecule has 2 aromatic carbocycles. The normalized spacial score (nSPS) is 15.2. The molecule has 0 aliphatic carbocycles. The van der Waals surface area contributed by atoms with Gasteiger partial charge in [-0.3, -0.25) is 4.98 Å². The summed E-state index contributed by atoms with van der Waals surface area (Å²) in [4.78, 5) is 9.10. The van der Waals surface area contributed by atoms with Gasteiger partial charge in [0, 0.05) is 35.6 Å². The first-order valence-corrected chi connectivity index (χ1v) is 10.4. The molecule has 0 amide bonds. The summed E-state index contributed by atoms with van der Waals surface area (Å²) in [5.74, 6) is 0.775. The van der Waals surface area contributed by atoms with Crippen molar-refractivity contribution in [3.63, 3.8) is 0 Å². The summed E-state index contributed by atoms with van der Waals surface area (Å²) in [6.07, 6.45) is 5.42. The number of imidazole rings is 1. The fraction of sp³-hybridized carbons (Fsp3) is 0.200. The van der Waals surface area contributed by atoms with E-state index in [1.54, 1.807) is 24.5 Å². The van der Waals surface area contributed by atoms with Crippen LogP contribution in [-0.4, -0.2) is 21.1 Å². The highest BCUT2D eigenvalue weighted by molar-refractivity contribution is 5.79. The van der Waals surface area contributed by atoms with Crippen molar-refractivity contribution in [1.82, 2.24) is 14.5 Å². The molecular weight excluding hydrogens is 391 g/mol. The van der Waals surface area contributed by atoms with Gasteiger partial charge < -0.3 is 15.0 Å². The van der Waals surface area contributed by atoms with Crippen LogP contribution >= 0.6 is 0 Å². The van der Waals surface area contributed by atoms with E-state index in [-0.39, 0.29) is 11.9 Å². The first kappa shape index (κ1) is 19.5. The van der Waals surface area contributed by atoms with Gasteiger partial charge >= 0.3 is 0 Å². The van der Waals surface area contributed by atoms with E-state index < -0.39 is 0 Å². The number of rotatable bonds is 6. The minimum absolute atomic E-state index is 0.181. The van der Waals surface area contributed by atoms with Gasteiger partial charge in [0.25, 0.3) is 0 Å². The molecule has 0 saturated heterocycles. The van der Waals surface area contributed by atoms with Crippen molar-refractivity contribution in [1.29, 1.82) is 0 Å². The Morgan fingerprint density at radius 2 is 1.84 bits per heavy atom. The first-order chi connectivity index (χ1) is 15.2. The number of fused-ring (bicyclic) bond motifs is 1. The minimum Gasteiger partial charge on any atom is -0.399 e. The zero-order valence-electron chi connectivity index (χ0n) is 17.0. The second kappa shape index (κ2) is 8.32. The van der Waals surface area contributed by atoms with Crippen molar-refractivity contribution in [2.24, 2.45) is 0 Å². The molecule has 0 saturated carbocycles. The maximum atomic E-state index is 13.5. The Bertz CT molecular complexity index is 1190. The van der Waals surface area contributed by atoms with Gasteiger partial charge in [-0.15, -0.1) is 0 Å². The van der Waals surface area contributed by atoms with Crippen LogP contribution in [0.3, 0.4) is 0 Å². The monoisotopic (exact) mass is 414 g/mol. The fourth-order valence-electron chi connectivity index (χ4n) is 4.22. The average molecular weight is 414 g/mol. The van der Waals surface area contributed by atoms with Crippen LogP contribution in [0.2, 0.25) is 0 Å². The number of hydrogen-bond acceptors (Lipinski definition) is 4. The number of nitrogens with two attached hydrogens (primary N) is 1. The van der Waals surface area contributed by atoms with Gasteiger partial charge in [0.2, 0.25) is 0 Å². The molecule has 2 aromatic heterocycles. The Morgan fingerprint density at radius 1 is 1.03 bits per heavy atom. The molecule has 31 heavy (non-hydrogen) atoms. The Kier molecular flexibility index (Phi) is 5.22. The van der Waals surface area contributed by atoms with Crippen LogP contribution in [0.5, 0.6) is 0 Å². The zero-order valence-corrected chi connectivity index (χ0v) is 17.0. The molecule has 0 spiro atoms. The van der Waals surface area contributed by atoms with Crippen molar-refractivity contribution in [2.75, 3.05) is 12.3 Å². The van der Waals surface area contributed by atoms with Gasteiger partial charge in [-0.1, -0.05) is 12.1 Å². The van der Waals surface area contributed by atoms with Crippen LogP contribution in [0.25, 0.3) is 22.5 Å². The number of aromatic nitrogens is 3. The predicted molar refractivity (Wildman–Crippen MR) is 119 cm³/mol. The molecule has 5 rings (SSSR count). The minimum atomic E-state index is -0.256. The smallest absolute Gasteiger partial charge is 0.123 e. The van der Waals surface area contributed by atoms with E-state index in [1.165, 1.54) is 12.1 Å². The quantitative estimate of drug-likeness (QED) is 0.449. The molecule has 1 aliphatic heterocycles. The lowest BCUT2D eigenvalue weighted by Gasteiger charge is -2.18. The van der Waals surface area contributed by atoms with Crippen molar-refractivity contribution in [2.45, 2.75) is 25.5 Å². The third kappa shape index (κ3) is 3.94. The molecule has 0 radical (unpaired) electrons. The molecular formula is C25H23FN4O. The maximum absolute atomic E-state index is 13.5. The summed E-state index contributed by atoms with van der Waals surface area (Å²) >= 11 is 0. The van der Waals surface area contributed by atoms with E-state index in [9.17, 15) is 4.39 Å². The molecule has 3 heterocycles. The fourth-order valence-corrected chi connectivity index (χ4v) is 4.22. The van der Waals surface area contributed by atoms with E-state index in [0.717, 1.165) is 52.4 Å². The Balaban J connectivity index is 1.47.